The molecule has 0 atom stereocenters. The Morgan fingerprint density at radius 1 is 1.11 bits per heavy atom. The number of carbonyl (C=O) groups excluding carboxylic acids is 1. The Bertz CT molecular complexity index is 815. The van der Waals surface area contributed by atoms with Gasteiger partial charge in [-0.25, -0.2) is 0 Å². The molecule has 0 saturated heterocycles. The third-order valence-corrected chi connectivity index (χ3v) is 5.50. The lowest BCUT2D eigenvalue weighted by Gasteiger charge is -2.35. The van der Waals surface area contributed by atoms with Crippen molar-refractivity contribution < 1.29 is 9.53 Å². The first-order valence-electron chi connectivity index (χ1n) is 9.63. The van der Waals surface area contributed by atoms with E-state index in [-0.39, 0.29) is 11.9 Å². The van der Waals surface area contributed by atoms with Gasteiger partial charge in [-0.3, -0.25) is 4.79 Å². The number of esters is 1. The largest absolute Gasteiger partial charge is 0.466 e. The fraction of sp³-hybridized carbons (Fsp3) is 0.391. The topological polar surface area (TPSA) is 53.3 Å². The molecule has 2 aromatic rings. The molecule has 140 valence electrons. The van der Waals surface area contributed by atoms with E-state index in [1.165, 1.54) is 0 Å². The number of hydrogen-bond acceptors (Lipinski definition) is 4. The molecule has 0 aliphatic heterocycles. The summed E-state index contributed by atoms with van der Waals surface area (Å²) >= 11 is 0. The third kappa shape index (κ3) is 4.31. The van der Waals surface area contributed by atoms with Gasteiger partial charge >= 0.3 is 5.97 Å². The monoisotopic (exact) mass is 362 g/mol. The molecule has 1 aliphatic rings. The van der Waals surface area contributed by atoms with Crippen molar-refractivity contribution in [3.05, 3.63) is 54.1 Å². The van der Waals surface area contributed by atoms with Crippen molar-refractivity contribution in [2.45, 2.75) is 38.6 Å². The van der Waals surface area contributed by atoms with Gasteiger partial charge in [0.1, 0.15) is 0 Å². The molecule has 0 unspecified atom stereocenters. The van der Waals surface area contributed by atoms with Crippen LogP contribution in [0.2, 0.25) is 0 Å². The summed E-state index contributed by atoms with van der Waals surface area (Å²) in [6.45, 7) is 2.32. The van der Waals surface area contributed by atoms with Crippen LogP contribution in [0.3, 0.4) is 0 Å². The lowest BCUT2D eigenvalue weighted by Crippen LogP contribution is -2.37. The predicted octanol–water partition coefficient (Wildman–Crippen LogP) is 4.78. The van der Waals surface area contributed by atoms with Gasteiger partial charge in [-0.2, -0.15) is 5.26 Å². The minimum atomic E-state index is -0.0425. The lowest BCUT2D eigenvalue weighted by atomic mass is 9.85. The van der Waals surface area contributed by atoms with Gasteiger partial charge in [-0.15, -0.1) is 0 Å². The van der Waals surface area contributed by atoms with Gasteiger partial charge in [0.2, 0.25) is 0 Å². The molecule has 1 fully saturated rings. The number of hydrogen-bond donors (Lipinski definition) is 0. The Kier molecular flexibility index (Phi) is 6.13. The molecule has 2 aromatic carbocycles. The normalized spacial score (nSPS) is 19.1. The average Bonchev–Trinajstić information content (AvgIpc) is 2.73. The lowest BCUT2D eigenvalue weighted by molar-refractivity contribution is -0.149. The molecule has 1 aliphatic carbocycles. The maximum Gasteiger partial charge on any atom is 0.308 e. The van der Waals surface area contributed by atoms with Crippen LogP contribution in [0.5, 0.6) is 0 Å². The van der Waals surface area contributed by atoms with Crippen LogP contribution in [0.4, 0.5) is 5.69 Å². The van der Waals surface area contributed by atoms with Crippen LogP contribution in [0.1, 0.15) is 38.2 Å². The highest BCUT2D eigenvalue weighted by molar-refractivity contribution is 5.73. The fourth-order valence-corrected chi connectivity index (χ4v) is 3.88. The number of ether oxygens (including phenoxy) is 1. The van der Waals surface area contributed by atoms with Crippen LogP contribution >= 0.6 is 0 Å². The first-order valence-corrected chi connectivity index (χ1v) is 9.63. The smallest absolute Gasteiger partial charge is 0.308 e. The third-order valence-electron chi connectivity index (χ3n) is 5.50. The molecule has 0 radical (unpaired) electrons. The van der Waals surface area contributed by atoms with Gasteiger partial charge in [0.05, 0.1) is 24.2 Å². The summed E-state index contributed by atoms with van der Waals surface area (Å²) in [5.74, 6) is 0.0126. The molecular weight excluding hydrogens is 336 g/mol. The van der Waals surface area contributed by atoms with E-state index in [0.717, 1.165) is 42.5 Å². The number of rotatable bonds is 5. The number of carbonyl (C=O) groups is 1. The van der Waals surface area contributed by atoms with Gasteiger partial charge in [0, 0.05) is 18.8 Å². The Hall–Kier alpha value is -2.80. The van der Waals surface area contributed by atoms with Crippen molar-refractivity contribution >= 4 is 11.7 Å². The molecule has 3 rings (SSSR count). The second-order valence-electron chi connectivity index (χ2n) is 7.07. The molecule has 0 amide bonds. The van der Waals surface area contributed by atoms with E-state index in [1.54, 1.807) is 0 Å². The second kappa shape index (κ2) is 8.73. The maximum atomic E-state index is 11.9. The summed E-state index contributed by atoms with van der Waals surface area (Å²) in [6.07, 6.45) is 3.78. The van der Waals surface area contributed by atoms with E-state index in [2.05, 4.69) is 42.3 Å². The van der Waals surface area contributed by atoms with E-state index < -0.39 is 0 Å². The highest BCUT2D eigenvalue weighted by atomic mass is 16.5. The predicted molar refractivity (Wildman–Crippen MR) is 107 cm³/mol. The quantitative estimate of drug-likeness (QED) is 0.718. The van der Waals surface area contributed by atoms with E-state index >= 15 is 0 Å². The Labute approximate surface area is 161 Å². The zero-order valence-electron chi connectivity index (χ0n) is 16.0. The number of nitriles is 1. The molecule has 0 spiro atoms. The van der Waals surface area contributed by atoms with Gasteiger partial charge in [0.25, 0.3) is 0 Å². The first kappa shape index (κ1) is 19.0. The van der Waals surface area contributed by atoms with Crippen molar-refractivity contribution in [1.82, 2.24) is 0 Å². The molecule has 4 nitrogen and oxygen atoms in total. The minimum Gasteiger partial charge on any atom is -0.466 e. The molecule has 0 heterocycles. The highest BCUT2D eigenvalue weighted by Gasteiger charge is 2.29. The van der Waals surface area contributed by atoms with Crippen molar-refractivity contribution in [3.63, 3.8) is 0 Å². The van der Waals surface area contributed by atoms with E-state index in [0.29, 0.717) is 18.2 Å². The van der Waals surface area contributed by atoms with Crippen LogP contribution in [-0.2, 0) is 9.53 Å². The van der Waals surface area contributed by atoms with Gasteiger partial charge in [-0.1, -0.05) is 30.3 Å². The van der Waals surface area contributed by atoms with Crippen molar-refractivity contribution in [2.24, 2.45) is 5.92 Å². The number of benzene rings is 2. The number of nitrogens with zero attached hydrogens (tertiary/aromatic N) is 2. The standard InChI is InChI=1S/C23H26N2O2/c1-3-27-23(26)18-10-14-21(15-11-18)25(2)20-12-8-17(9-13-20)22-7-5-4-6-19(22)16-24/h4-9,12-13,18,21H,3,10-11,14-15H2,1-2H3/t18-,21+. The summed E-state index contributed by atoms with van der Waals surface area (Å²) in [5, 5.41) is 9.30. The molecule has 0 aromatic heterocycles. The van der Waals surface area contributed by atoms with Crippen LogP contribution in [0, 0.1) is 17.2 Å². The summed E-state index contributed by atoms with van der Waals surface area (Å²) in [5.41, 5.74) is 3.86. The maximum absolute atomic E-state index is 11.9. The van der Waals surface area contributed by atoms with E-state index in [1.807, 2.05) is 31.2 Å². The molecule has 27 heavy (non-hydrogen) atoms. The summed E-state index contributed by atoms with van der Waals surface area (Å²) < 4.78 is 5.16. The summed E-state index contributed by atoms with van der Waals surface area (Å²) in [7, 11) is 2.12. The van der Waals surface area contributed by atoms with Crippen LogP contribution in [-0.4, -0.2) is 25.7 Å². The van der Waals surface area contributed by atoms with Crippen LogP contribution in [0.15, 0.2) is 48.5 Å². The molecule has 0 bridgehead atoms. The average molecular weight is 362 g/mol. The van der Waals surface area contributed by atoms with Gasteiger partial charge in [-0.05, 0) is 61.9 Å². The Morgan fingerprint density at radius 2 is 1.78 bits per heavy atom. The zero-order chi connectivity index (χ0) is 19.2. The first-order chi connectivity index (χ1) is 13.1. The SMILES string of the molecule is CCOC(=O)[C@H]1CC[C@@H](N(C)c2ccc(-c3ccccc3C#N)cc2)CC1. The molecule has 1 saturated carbocycles. The summed E-state index contributed by atoms with van der Waals surface area (Å²) in [6, 6.07) is 18.7. The van der Waals surface area contributed by atoms with Crippen molar-refractivity contribution in [3.8, 4) is 17.2 Å². The molecule has 0 N–H and O–H groups in total. The highest BCUT2D eigenvalue weighted by Crippen LogP contribution is 2.32. The van der Waals surface area contributed by atoms with Gasteiger partial charge in [0.15, 0.2) is 0 Å². The summed E-state index contributed by atoms with van der Waals surface area (Å²) in [4.78, 5) is 14.2. The van der Waals surface area contributed by atoms with Crippen LogP contribution in [0.25, 0.3) is 11.1 Å². The minimum absolute atomic E-state index is 0.0425. The number of anilines is 1. The Morgan fingerprint density at radius 3 is 2.41 bits per heavy atom. The van der Waals surface area contributed by atoms with Crippen molar-refractivity contribution in [2.75, 3.05) is 18.6 Å². The van der Waals surface area contributed by atoms with E-state index in [4.69, 9.17) is 4.74 Å². The fourth-order valence-electron chi connectivity index (χ4n) is 3.88. The van der Waals surface area contributed by atoms with Crippen molar-refractivity contribution in [1.29, 1.82) is 5.26 Å². The molecule has 4 heteroatoms. The Balaban J connectivity index is 1.66. The second-order valence-corrected chi connectivity index (χ2v) is 7.07. The van der Waals surface area contributed by atoms with E-state index in [9.17, 15) is 10.1 Å². The van der Waals surface area contributed by atoms with Gasteiger partial charge < -0.3 is 9.64 Å². The zero-order valence-corrected chi connectivity index (χ0v) is 16.0. The molecular formula is C23H26N2O2. The van der Waals surface area contributed by atoms with Crippen LogP contribution < -0.4 is 4.90 Å².